The lowest BCUT2D eigenvalue weighted by atomic mass is 9.98. The Labute approximate surface area is 222 Å². The van der Waals surface area contributed by atoms with Gasteiger partial charge >= 0.3 is 6.09 Å². The molecule has 2 atom stereocenters. The molecule has 11 heteroatoms. The van der Waals surface area contributed by atoms with Crippen molar-refractivity contribution in [3.05, 3.63) is 29.3 Å². The van der Waals surface area contributed by atoms with Crippen LogP contribution < -0.4 is 10.6 Å². The van der Waals surface area contributed by atoms with Crippen LogP contribution in [0.4, 0.5) is 10.5 Å². The Morgan fingerprint density at radius 3 is 2.53 bits per heavy atom. The summed E-state index contributed by atoms with van der Waals surface area (Å²) in [6.45, 7) is 8.63. The Hall–Kier alpha value is -3.18. The third-order valence-electron chi connectivity index (χ3n) is 6.98. The third kappa shape index (κ3) is 6.44. The SMILES string of the molecule is CC(C)(C)OC(=O)N1CCC(COCCCNc2cccc3c2C(=O)N(C2CCC(O)NC2=O)C3=O)CC1. The largest absolute Gasteiger partial charge is 0.444 e. The van der Waals surface area contributed by atoms with Crippen LogP contribution in [0.2, 0.25) is 0 Å². The summed E-state index contributed by atoms with van der Waals surface area (Å²) in [5.41, 5.74) is 0.597. The number of hydrogen-bond acceptors (Lipinski definition) is 8. The zero-order valence-corrected chi connectivity index (χ0v) is 22.3. The molecule has 38 heavy (non-hydrogen) atoms. The normalized spacial score (nSPS) is 22.4. The van der Waals surface area contributed by atoms with Crippen LogP contribution in [0.5, 0.6) is 0 Å². The second kappa shape index (κ2) is 11.7. The minimum Gasteiger partial charge on any atom is -0.444 e. The van der Waals surface area contributed by atoms with Crippen LogP contribution in [0.15, 0.2) is 18.2 Å². The molecule has 0 saturated carbocycles. The van der Waals surface area contributed by atoms with Gasteiger partial charge in [0.25, 0.3) is 11.8 Å². The van der Waals surface area contributed by atoms with Crippen LogP contribution >= 0.6 is 0 Å². The molecule has 208 valence electrons. The van der Waals surface area contributed by atoms with Gasteiger partial charge in [-0.2, -0.15) is 0 Å². The number of aliphatic hydroxyl groups is 1. The molecule has 2 fully saturated rings. The van der Waals surface area contributed by atoms with E-state index in [1.807, 2.05) is 20.8 Å². The van der Waals surface area contributed by atoms with Crippen molar-refractivity contribution in [3.8, 4) is 0 Å². The molecule has 4 amide bonds. The first-order valence-corrected chi connectivity index (χ1v) is 13.3. The fourth-order valence-electron chi connectivity index (χ4n) is 5.02. The number of ether oxygens (including phenoxy) is 2. The molecule has 3 aliphatic rings. The van der Waals surface area contributed by atoms with Gasteiger partial charge < -0.3 is 30.1 Å². The van der Waals surface area contributed by atoms with Crippen molar-refractivity contribution >= 4 is 29.5 Å². The fourth-order valence-corrected chi connectivity index (χ4v) is 5.02. The Morgan fingerprint density at radius 1 is 1.11 bits per heavy atom. The number of benzene rings is 1. The van der Waals surface area contributed by atoms with Crippen LogP contribution in [-0.2, 0) is 14.3 Å². The number of nitrogens with zero attached hydrogens (tertiary/aromatic N) is 2. The second-order valence-corrected chi connectivity index (χ2v) is 11.1. The molecule has 1 aromatic rings. The average Bonchev–Trinajstić information content (AvgIpc) is 3.11. The van der Waals surface area contributed by atoms with Crippen molar-refractivity contribution in [1.82, 2.24) is 15.1 Å². The van der Waals surface area contributed by atoms with E-state index >= 15 is 0 Å². The van der Waals surface area contributed by atoms with Gasteiger partial charge in [-0.15, -0.1) is 0 Å². The number of carbonyl (C=O) groups is 4. The number of aliphatic hydroxyl groups excluding tert-OH is 1. The monoisotopic (exact) mass is 530 g/mol. The van der Waals surface area contributed by atoms with Crippen LogP contribution in [0.1, 0.15) is 73.6 Å². The number of likely N-dealkylation sites (tertiary alicyclic amines) is 1. The number of fused-ring (bicyclic) bond motifs is 1. The first-order valence-electron chi connectivity index (χ1n) is 13.3. The molecule has 0 aliphatic carbocycles. The number of anilines is 1. The molecule has 4 rings (SSSR count). The van der Waals surface area contributed by atoms with Crippen molar-refractivity contribution in [3.63, 3.8) is 0 Å². The lowest BCUT2D eigenvalue weighted by molar-refractivity contribution is -0.131. The minimum absolute atomic E-state index is 0.221. The number of piperidine rings is 2. The lowest BCUT2D eigenvalue weighted by Crippen LogP contribution is -2.55. The van der Waals surface area contributed by atoms with Crippen LogP contribution in [0, 0.1) is 5.92 Å². The molecule has 3 heterocycles. The van der Waals surface area contributed by atoms with E-state index in [-0.39, 0.29) is 30.1 Å². The van der Waals surface area contributed by atoms with Gasteiger partial charge in [0.1, 0.15) is 17.9 Å². The van der Waals surface area contributed by atoms with E-state index in [4.69, 9.17) is 9.47 Å². The molecule has 3 aliphatic heterocycles. The van der Waals surface area contributed by atoms with Gasteiger partial charge in [-0.1, -0.05) is 6.07 Å². The Morgan fingerprint density at radius 2 is 1.84 bits per heavy atom. The smallest absolute Gasteiger partial charge is 0.410 e. The molecule has 0 radical (unpaired) electrons. The predicted molar refractivity (Wildman–Crippen MR) is 139 cm³/mol. The molecule has 0 aromatic heterocycles. The first kappa shape index (κ1) is 27.8. The standard InChI is InChI=1S/C27H38N4O7/c1-27(2,3)38-26(36)30-13-10-17(11-14-30)16-37-15-5-12-28-19-7-4-6-18-22(19)25(35)31(24(18)34)20-8-9-21(32)29-23(20)33/h4,6-7,17,20-21,28,32H,5,8-16H2,1-3H3,(H,29,33). The van der Waals surface area contributed by atoms with Gasteiger partial charge in [-0.05, 0) is 70.9 Å². The molecule has 0 bridgehead atoms. The van der Waals surface area contributed by atoms with Crippen molar-refractivity contribution in [2.24, 2.45) is 5.92 Å². The summed E-state index contributed by atoms with van der Waals surface area (Å²) in [4.78, 5) is 53.4. The maximum Gasteiger partial charge on any atom is 0.410 e. The van der Waals surface area contributed by atoms with Gasteiger partial charge in [-0.3, -0.25) is 19.3 Å². The first-order chi connectivity index (χ1) is 18.0. The summed E-state index contributed by atoms with van der Waals surface area (Å²) < 4.78 is 11.3. The molecular weight excluding hydrogens is 492 g/mol. The lowest BCUT2D eigenvalue weighted by Gasteiger charge is -2.33. The number of imide groups is 1. The minimum atomic E-state index is -0.960. The summed E-state index contributed by atoms with van der Waals surface area (Å²) in [6.07, 6.45) is 1.72. The number of amides is 4. The summed E-state index contributed by atoms with van der Waals surface area (Å²) in [6, 6.07) is 4.12. The fraction of sp³-hybridized carbons (Fsp3) is 0.630. The van der Waals surface area contributed by atoms with E-state index in [0.29, 0.717) is 50.9 Å². The highest BCUT2D eigenvalue weighted by Crippen LogP contribution is 2.32. The number of carbonyl (C=O) groups excluding carboxylic acids is 4. The van der Waals surface area contributed by atoms with Gasteiger partial charge in [0.2, 0.25) is 5.91 Å². The Bertz CT molecular complexity index is 1060. The van der Waals surface area contributed by atoms with Crippen LogP contribution in [-0.4, -0.2) is 89.4 Å². The molecular formula is C27H38N4O7. The highest BCUT2D eigenvalue weighted by atomic mass is 16.6. The van der Waals surface area contributed by atoms with Crippen molar-refractivity contribution in [2.75, 3.05) is 38.2 Å². The van der Waals surface area contributed by atoms with E-state index in [0.717, 1.165) is 17.7 Å². The van der Waals surface area contributed by atoms with Gasteiger partial charge in [-0.25, -0.2) is 4.79 Å². The third-order valence-corrected chi connectivity index (χ3v) is 6.98. The van der Waals surface area contributed by atoms with Crippen molar-refractivity contribution in [2.45, 2.75) is 70.7 Å². The van der Waals surface area contributed by atoms with Gasteiger partial charge in [0.05, 0.1) is 11.1 Å². The summed E-state index contributed by atoms with van der Waals surface area (Å²) >= 11 is 0. The Balaban J connectivity index is 1.20. The molecule has 11 nitrogen and oxygen atoms in total. The predicted octanol–water partition coefficient (Wildman–Crippen LogP) is 2.35. The molecule has 1 aromatic carbocycles. The van der Waals surface area contributed by atoms with E-state index in [1.54, 1.807) is 23.1 Å². The van der Waals surface area contributed by atoms with E-state index < -0.39 is 35.6 Å². The van der Waals surface area contributed by atoms with E-state index in [2.05, 4.69) is 10.6 Å². The molecule has 2 unspecified atom stereocenters. The maximum atomic E-state index is 13.2. The summed E-state index contributed by atoms with van der Waals surface area (Å²) in [7, 11) is 0. The van der Waals surface area contributed by atoms with E-state index in [1.165, 1.54) is 0 Å². The van der Waals surface area contributed by atoms with Crippen molar-refractivity contribution < 1.29 is 33.8 Å². The van der Waals surface area contributed by atoms with Gasteiger partial charge in [0, 0.05) is 38.5 Å². The van der Waals surface area contributed by atoms with Crippen molar-refractivity contribution in [1.29, 1.82) is 0 Å². The quantitative estimate of drug-likeness (QED) is 0.344. The zero-order chi connectivity index (χ0) is 27.4. The highest BCUT2D eigenvalue weighted by molar-refractivity contribution is 6.25. The van der Waals surface area contributed by atoms with Gasteiger partial charge in [0.15, 0.2) is 0 Å². The molecule has 2 saturated heterocycles. The van der Waals surface area contributed by atoms with Crippen LogP contribution in [0.25, 0.3) is 0 Å². The number of hydrogen-bond donors (Lipinski definition) is 3. The van der Waals surface area contributed by atoms with Crippen LogP contribution in [0.3, 0.4) is 0 Å². The Kier molecular flexibility index (Phi) is 8.57. The highest BCUT2D eigenvalue weighted by Gasteiger charge is 2.45. The summed E-state index contributed by atoms with van der Waals surface area (Å²) in [5, 5.41) is 15.3. The number of rotatable bonds is 8. The molecule has 0 spiro atoms. The summed E-state index contributed by atoms with van der Waals surface area (Å²) in [5.74, 6) is -1.13. The topological polar surface area (TPSA) is 138 Å². The molecule has 3 N–H and O–H groups in total. The average molecular weight is 531 g/mol. The maximum absolute atomic E-state index is 13.2. The second-order valence-electron chi connectivity index (χ2n) is 11.1. The number of nitrogens with one attached hydrogen (secondary N) is 2. The zero-order valence-electron chi connectivity index (χ0n) is 22.3. The van der Waals surface area contributed by atoms with E-state index in [9.17, 15) is 24.3 Å².